The predicted octanol–water partition coefficient (Wildman–Crippen LogP) is 4.01. The van der Waals surface area contributed by atoms with Crippen molar-refractivity contribution in [2.24, 2.45) is 0 Å². The molecular weight excluding hydrogens is 402 g/mol. The number of esters is 1. The third kappa shape index (κ3) is 4.58. The number of nitrogens with one attached hydrogen (secondary N) is 1. The molecule has 0 aliphatic heterocycles. The Hall–Kier alpha value is -3.72. The predicted molar refractivity (Wildman–Crippen MR) is 104 cm³/mol. The first kappa shape index (κ1) is 20.0. The van der Waals surface area contributed by atoms with Gasteiger partial charge < -0.3 is 14.6 Å². The Bertz CT molecular complexity index is 1080. The first-order chi connectivity index (χ1) is 13.9. The molecule has 2 aromatic carbocycles. The largest absolute Gasteiger partial charge is 0.452 e. The standard InChI is InChI=1S/C19H14ClN3O6/c1-11-17(18(22-29-11)12-5-3-2-4-6-12)19(25)28-10-16(24)21-14-8-7-13(20)9-15(14)23(26)27/h2-9H,10H2,1H3,(H,21,24). The van der Waals surface area contributed by atoms with Crippen LogP contribution in [0.15, 0.2) is 53.1 Å². The van der Waals surface area contributed by atoms with Gasteiger partial charge in [-0.15, -0.1) is 0 Å². The highest BCUT2D eigenvalue weighted by molar-refractivity contribution is 6.31. The molecule has 1 N–H and O–H groups in total. The van der Waals surface area contributed by atoms with Gasteiger partial charge in [0.25, 0.3) is 11.6 Å². The lowest BCUT2D eigenvalue weighted by Crippen LogP contribution is -2.21. The zero-order chi connectivity index (χ0) is 21.0. The zero-order valence-electron chi connectivity index (χ0n) is 15.0. The monoisotopic (exact) mass is 415 g/mol. The maximum atomic E-state index is 12.5. The number of nitrogens with zero attached hydrogens (tertiary/aromatic N) is 2. The number of aromatic nitrogens is 1. The molecule has 0 aliphatic carbocycles. The summed E-state index contributed by atoms with van der Waals surface area (Å²) >= 11 is 5.74. The number of carbonyl (C=O) groups excluding carboxylic acids is 2. The van der Waals surface area contributed by atoms with Crippen LogP contribution in [0.5, 0.6) is 0 Å². The number of halogens is 1. The first-order valence-electron chi connectivity index (χ1n) is 8.29. The molecule has 9 nitrogen and oxygen atoms in total. The minimum atomic E-state index is -0.802. The smallest absolute Gasteiger partial charge is 0.344 e. The Labute approximate surface area is 169 Å². The minimum absolute atomic E-state index is 0.0634. The second-order valence-electron chi connectivity index (χ2n) is 5.87. The maximum Gasteiger partial charge on any atom is 0.344 e. The molecule has 0 aliphatic rings. The van der Waals surface area contributed by atoms with Gasteiger partial charge >= 0.3 is 5.97 Å². The van der Waals surface area contributed by atoms with Crippen LogP contribution in [0.4, 0.5) is 11.4 Å². The van der Waals surface area contributed by atoms with Crippen LogP contribution in [0.25, 0.3) is 11.3 Å². The third-order valence-electron chi connectivity index (χ3n) is 3.88. The van der Waals surface area contributed by atoms with Gasteiger partial charge in [0, 0.05) is 16.7 Å². The molecule has 1 heterocycles. The van der Waals surface area contributed by atoms with Crippen molar-refractivity contribution in [3.05, 3.63) is 75.0 Å². The lowest BCUT2D eigenvalue weighted by atomic mass is 10.1. The average Bonchev–Trinajstić information content (AvgIpc) is 3.09. The summed E-state index contributed by atoms with van der Waals surface area (Å²) in [6.07, 6.45) is 0. The lowest BCUT2D eigenvalue weighted by molar-refractivity contribution is -0.383. The molecule has 0 saturated carbocycles. The number of hydrogen-bond acceptors (Lipinski definition) is 7. The van der Waals surface area contributed by atoms with E-state index in [1.807, 2.05) is 6.07 Å². The Balaban J connectivity index is 1.70. The number of amides is 1. The quantitative estimate of drug-likeness (QED) is 0.366. The van der Waals surface area contributed by atoms with Crippen molar-refractivity contribution in [2.45, 2.75) is 6.92 Å². The molecule has 10 heteroatoms. The van der Waals surface area contributed by atoms with Crippen molar-refractivity contribution in [3.8, 4) is 11.3 Å². The van der Waals surface area contributed by atoms with Crippen molar-refractivity contribution in [1.82, 2.24) is 5.16 Å². The number of carbonyl (C=O) groups is 2. The van der Waals surface area contributed by atoms with E-state index in [0.717, 1.165) is 6.07 Å². The molecule has 0 spiro atoms. The Kier molecular flexibility index (Phi) is 5.89. The second-order valence-corrected chi connectivity index (χ2v) is 6.31. The molecule has 1 aromatic heterocycles. The molecule has 29 heavy (non-hydrogen) atoms. The van der Waals surface area contributed by atoms with Crippen molar-refractivity contribution in [1.29, 1.82) is 0 Å². The van der Waals surface area contributed by atoms with E-state index >= 15 is 0 Å². The fourth-order valence-electron chi connectivity index (χ4n) is 2.56. The highest BCUT2D eigenvalue weighted by Crippen LogP contribution is 2.28. The highest BCUT2D eigenvalue weighted by atomic mass is 35.5. The van der Waals surface area contributed by atoms with Crippen molar-refractivity contribution < 1.29 is 23.8 Å². The summed E-state index contributed by atoms with van der Waals surface area (Å²) in [5, 5.41) is 17.4. The SMILES string of the molecule is Cc1onc(-c2ccccc2)c1C(=O)OCC(=O)Nc1ccc(Cl)cc1[N+](=O)[O-]. The summed E-state index contributed by atoms with van der Waals surface area (Å²) in [5.41, 5.74) is 0.603. The second kappa shape index (κ2) is 8.53. The van der Waals surface area contributed by atoms with E-state index in [2.05, 4.69) is 10.5 Å². The number of nitro groups is 1. The van der Waals surface area contributed by atoms with Gasteiger partial charge in [-0.25, -0.2) is 4.79 Å². The lowest BCUT2D eigenvalue weighted by Gasteiger charge is -2.08. The van der Waals surface area contributed by atoms with Crippen LogP contribution in [0.2, 0.25) is 5.02 Å². The number of ether oxygens (including phenoxy) is 1. The van der Waals surface area contributed by atoms with Crippen molar-refractivity contribution >= 4 is 34.9 Å². The van der Waals surface area contributed by atoms with E-state index in [9.17, 15) is 19.7 Å². The molecule has 0 atom stereocenters. The molecule has 148 valence electrons. The first-order valence-corrected chi connectivity index (χ1v) is 8.67. The van der Waals surface area contributed by atoms with Crippen LogP contribution in [-0.4, -0.2) is 28.6 Å². The van der Waals surface area contributed by atoms with E-state index in [0.29, 0.717) is 11.3 Å². The van der Waals surface area contributed by atoms with Gasteiger partial charge in [0.05, 0.1) is 4.92 Å². The third-order valence-corrected chi connectivity index (χ3v) is 4.11. The number of anilines is 1. The van der Waals surface area contributed by atoms with Gasteiger partial charge in [0.1, 0.15) is 22.7 Å². The molecule has 3 aromatic rings. The van der Waals surface area contributed by atoms with Crippen LogP contribution < -0.4 is 5.32 Å². The Morgan fingerprint density at radius 3 is 2.66 bits per heavy atom. The highest BCUT2D eigenvalue weighted by Gasteiger charge is 2.24. The summed E-state index contributed by atoms with van der Waals surface area (Å²) in [5.74, 6) is -1.31. The van der Waals surface area contributed by atoms with Gasteiger partial charge in [-0.1, -0.05) is 47.1 Å². The fourth-order valence-corrected chi connectivity index (χ4v) is 2.72. The maximum absolute atomic E-state index is 12.5. The summed E-state index contributed by atoms with van der Waals surface area (Å²) in [7, 11) is 0. The molecule has 0 radical (unpaired) electrons. The number of aryl methyl sites for hydroxylation is 1. The van der Waals surface area contributed by atoms with Gasteiger partial charge in [-0.05, 0) is 19.1 Å². The van der Waals surface area contributed by atoms with Crippen LogP contribution in [0, 0.1) is 17.0 Å². The number of benzene rings is 2. The summed E-state index contributed by atoms with van der Waals surface area (Å²) < 4.78 is 10.1. The van der Waals surface area contributed by atoms with E-state index < -0.39 is 23.4 Å². The van der Waals surface area contributed by atoms with Crippen molar-refractivity contribution in [2.75, 3.05) is 11.9 Å². The average molecular weight is 416 g/mol. The molecule has 0 bridgehead atoms. The van der Waals surface area contributed by atoms with Crippen LogP contribution in [0.1, 0.15) is 16.1 Å². The summed E-state index contributed by atoms with van der Waals surface area (Å²) in [6, 6.07) is 12.7. The Morgan fingerprint density at radius 2 is 1.97 bits per heavy atom. The normalized spacial score (nSPS) is 10.4. The summed E-state index contributed by atoms with van der Waals surface area (Å²) in [4.78, 5) is 35.0. The van der Waals surface area contributed by atoms with E-state index in [4.69, 9.17) is 20.9 Å². The topological polar surface area (TPSA) is 125 Å². The number of nitro benzene ring substituents is 1. The fraction of sp³-hybridized carbons (Fsp3) is 0.105. The van der Waals surface area contributed by atoms with Crippen LogP contribution in [0.3, 0.4) is 0 Å². The molecule has 0 saturated heterocycles. The molecule has 0 fully saturated rings. The van der Waals surface area contributed by atoms with E-state index in [-0.39, 0.29) is 27.7 Å². The number of hydrogen-bond donors (Lipinski definition) is 1. The van der Waals surface area contributed by atoms with E-state index in [1.165, 1.54) is 12.1 Å². The summed E-state index contributed by atoms with van der Waals surface area (Å²) in [6.45, 7) is 0.893. The van der Waals surface area contributed by atoms with E-state index in [1.54, 1.807) is 31.2 Å². The van der Waals surface area contributed by atoms with Crippen LogP contribution >= 0.6 is 11.6 Å². The molecule has 3 rings (SSSR count). The minimum Gasteiger partial charge on any atom is -0.452 e. The van der Waals surface area contributed by atoms with Gasteiger partial charge in [-0.3, -0.25) is 14.9 Å². The number of rotatable bonds is 6. The molecule has 0 unspecified atom stereocenters. The molecular formula is C19H14ClN3O6. The molecule has 1 amide bonds. The van der Waals surface area contributed by atoms with Gasteiger partial charge in [0.2, 0.25) is 0 Å². The van der Waals surface area contributed by atoms with Crippen molar-refractivity contribution in [3.63, 3.8) is 0 Å². The van der Waals surface area contributed by atoms with Crippen LogP contribution in [-0.2, 0) is 9.53 Å². The van der Waals surface area contributed by atoms with Gasteiger partial charge in [0.15, 0.2) is 6.61 Å². The zero-order valence-corrected chi connectivity index (χ0v) is 15.8. The Morgan fingerprint density at radius 1 is 1.24 bits per heavy atom. The van der Waals surface area contributed by atoms with Gasteiger partial charge in [-0.2, -0.15) is 0 Å².